The molecule has 1 aromatic carbocycles. The lowest BCUT2D eigenvalue weighted by molar-refractivity contribution is -0.143. The summed E-state index contributed by atoms with van der Waals surface area (Å²) in [6.07, 6.45) is 0.879. The maximum atomic E-state index is 12.8. The van der Waals surface area contributed by atoms with E-state index in [1.807, 2.05) is 0 Å². The van der Waals surface area contributed by atoms with E-state index in [9.17, 15) is 14.4 Å². The lowest BCUT2D eigenvalue weighted by atomic mass is 9.81. The van der Waals surface area contributed by atoms with Gasteiger partial charge >= 0.3 is 0 Å². The van der Waals surface area contributed by atoms with Crippen LogP contribution in [0.3, 0.4) is 0 Å². The quantitative estimate of drug-likeness (QED) is 0.525. The number of fused-ring (bicyclic) bond motifs is 5. The van der Waals surface area contributed by atoms with Crippen LogP contribution in [0.5, 0.6) is 5.75 Å². The lowest BCUT2D eigenvalue weighted by Crippen LogP contribution is -2.39. The van der Waals surface area contributed by atoms with E-state index >= 15 is 0 Å². The number of anilines is 1. The molecule has 2 bridgehead atoms. The Morgan fingerprint density at radius 2 is 1.65 bits per heavy atom. The number of imide groups is 1. The molecule has 1 N–H and O–H groups in total. The van der Waals surface area contributed by atoms with Gasteiger partial charge in [-0.2, -0.15) is 0 Å². The molecule has 26 heavy (non-hydrogen) atoms. The van der Waals surface area contributed by atoms with Crippen LogP contribution < -0.4 is 10.1 Å². The second kappa shape index (κ2) is 6.64. The maximum absolute atomic E-state index is 12.8. The van der Waals surface area contributed by atoms with Crippen molar-refractivity contribution < 1.29 is 19.1 Å². The highest BCUT2D eigenvalue weighted by atomic mass is 79.9. The SMILES string of the molecule is COc1ccc(NC(=O)CN2C(=O)[C@@H]3[C@H]4C[C@@H]([C@H](Br)[C@H]4Br)[C@@H]3C2=O)cc1. The van der Waals surface area contributed by atoms with E-state index in [1.165, 1.54) is 0 Å². The van der Waals surface area contributed by atoms with Crippen LogP contribution in [0, 0.1) is 23.7 Å². The number of amides is 3. The van der Waals surface area contributed by atoms with Crippen LogP contribution in [-0.4, -0.2) is 45.9 Å². The second-order valence-electron chi connectivity index (χ2n) is 7.04. The van der Waals surface area contributed by atoms with E-state index in [1.54, 1.807) is 31.4 Å². The van der Waals surface area contributed by atoms with Crippen molar-refractivity contribution in [1.82, 2.24) is 4.90 Å². The molecule has 1 heterocycles. The summed E-state index contributed by atoms with van der Waals surface area (Å²) in [6.45, 7) is -0.240. The number of hydrogen-bond acceptors (Lipinski definition) is 4. The number of carbonyl (C=O) groups excluding carboxylic acids is 3. The Bertz CT molecular complexity index is 737. The highest BCUT2D eigenvalue weighted by molar-refractivity contribution is 9.12. The first kappa shape index (κ1) is 18.0. The van der Waals surface area contributed by atoms with Crippen molar-refractivity contribution >= 4 is 55.3 Å². The normalized spacial score (nSPS) is 35.0. The molecular weight excluding hydrogens is 468 g/mol. The minimum absolute atomic E-state index is 0.153. The number of carbonyl (C=O) groups is 3. The molecule has 138 valence electrons. The molecule has 3 fully saturated rings. The van der Waals surface area contributed by atoms with Crippen LogP contribution in [0.1, 0.15) is 6.42 Å². The van der Waals surface area contributed by atoms with Crippen molar-refractivity contribution in [3.05, 3.63) is 24.3 Å². The van der Waals surface area contributed by atoms with E-state index in [0.29, 0.717) is 11.4 Å². The number of alkyl halides is 2. The molecule has 0 aromatic heterocycles. The Labute approximate surface area is 167 Å². The molecule has 1 aromatic rings. The van der Waals surface area contributed by atoms with Crippen molar-refractivity contribution in [2.75, 3.05) is 19.0 Å². The Kier molecular flexibility index (Phi) is 4.59. The Hall–Kier alpha value is -1.41. The molecule has 6 nitrogen and oxygen atoms in total. The van der Waals surface area contributed by atoms with Gasteiger partial charge in [0.25, 0.3) is 0 Å². The molecule has 1 aliphatic heterocycles. The molecule has 3 aliphatic rings. The van der Waals surface area contributed by atoms with Crippen LogP contribution in [0.4, 0.5) is 5.69 Å². The number of ether oxygens (including phenoxy) is 1. The minimum Gasteiger partial charge on any atom is -0.497 e. The second-order valence-corrected chi connectivity index (χ2v) is 9.16. The van der Waals surface area contributed by atoms with Crippen LogP contribution in [0.25, 0.3) is 0 Å². The summed E-state index contributed by atoms with van der Waals surface area (Å²) in [5, 5.41) is 2.72. The predicted molar refractivity (Wildman–Crippen MR) is 102 cm³/mol. The van der Waals surface area contributed by atoms with Crippen molar-refractivity contribution in [3.8, 4) is 5.75 Å². The summed E-state index contributed by atoms with van der Waals surface area (Å²) in [5.74, 6) is -0.387. The molecule has 2 aliphatic carbocycles. The van der Waals surface area contributed by atoms with E-state index in [4.69, 9.17) is 4.74 Å². The van der Waals surface area contributed by atoms with Crippen molar-refractivity contribution in [2.45, 2.75) is 16.1 Å². The number of likely N-dealkylation sites (tertiary alicyclic amines) is 1. The largest absolute Gasteiger partial charge is 0.497 e. The molecule has 8 heteroatoms. The molecule has 2 saturated carbocycles. The summed E-state index contributed by atoms with van der Waals surface area (Å²) in [7, 11) is 1.57. The number of benzene rings is 1. The fraction of sp³-hybridized carbons (Fsp3) is 0.500. The van der Waals surface area contributed by atoms with Gasteiger partial charge in [-0.3, -0.25) is 19.3 Å². The third-order valence-corrected chi connectivity index (χ3v) is 8.96. The summed E-state index contributed by atoms with van der Waals surface area (Å²) in [4.78, 5) is 39.4. The van der Waals surface area contributed by atoms with Gasteiger partial charge in [-0.05, 0) is 42.5 Å². The van der Waals surface area contributed by atoms with Gasteiger partial charge in [0.05, 0.1) is 18.9 Å². The van der Waals surface area contributed by atoms with Crippen molar-refractivity contribution in [2.24, 2.45) is 23.7 Å². The number of methoxy groups -OCH3 is 1. The summed E-state index contributed by atoms with van der Waals surface area (Å²) in [5.41, 5.74) is 0.594. The monoisotopic (exact) mass is 484 g/mol. The van der Waals surface area contributed by atoms with Crippen LogP contribution >= 0.6 is 31.9 Å². The fourth-order valence-corrected chi connectivity index (χ4v) is 6.46. The first-order valence-electron chi connectivity index (χ1n) is 8.49. The van der Waals surface area contributed by atoms with E-state index in [0.717, 1.165) is 11.3 Å². The standard InChI is InChI=1S/C18H18Br2N2O4/c1-26-9-4-2-8(3-5-9)21-12(23)7-22-17(24)13-10-6-11(14(13)18(22)25)16(20)15(10)19/h2-5,10-11,13-16H,6-7H2,1H3,(H,21,23)/t10-,11-,13-,14+,15+,16+/m1/s1. The van der Waals surface area contributed by atoms with Gasteiger partial charge in [-0.1, -0.05) is 31.9 Å². The zero-order chi connectivity index (χ0) is 18.6. The Balaban J connectivity index is 1.45. The van der Waals surface area contributed by atoms with Gasteiger partial charge < -0.3 is 10.1 Å². The van der Waals surface area contributed by atoms with E-state index in [2.05, 4.69) is 37.2 Å². The molecule has 0 unspecified atom stereocenters. The third-order valence-electron chi connectivity index (χ3n) is 5.75. The predicted octanol–water partition coefficient (Wildman–Crippen LogP) is 2.41. The van der Waals surface area contributed by atoms with Gasteiger partial charge in [0.1, 0.15) is 12.3 Å². The molecule has 1 saturated heterocycles. The zero-order valence-corrected chi connectivity index (χ0v) is 17.2. The maximum Gasteiger partial charge on any atom is 0.244 e. The topological polar surface area (TPSA) is 75.7 Å². The van der Waals surface area contributed by atoms with Crippen molar-refractivity contribution in [3.63, 3.8) is 0 Å². The van der Waals surface area contributed by atoms with Gasteiger partial charge in [0.2, 0.25) is 17.7 Å². The summed E-state index contributed by atoms with van der Waals surface area (Å²) >= 11 is 7.31. The van der Waals surface area contributed by atoms with E-state index in [-0.39, 0.29) is 57.6 Å². The third kappa shape index (κ3) is 2.69. The van der Waals surface area contributed by atoms with Gasteiger partial charge in [0.15, 0.2) is 0 Å². The molecule has 4 rings (SSSR count). The number of nitrogens with one attached hydrogen (secondary N) is 1. The smallest absolute Gasteiger partial charge is 0.244 e. The number of hydrogen-bond donors (Lipinski definition) is 1. The summed E-state index contributed by atoms with van der Waals surface area (Å²) in [6, 6.07) is 6.89. The molecule has 3 amide bonds. The van der Waals surface area contributed by atoms with E-state index < -0.39 is 0 Å². The lowest BCUT2D eigenvalue weighted by Gasteiger charge is -2.28. The average Bonchev–Trinajstić information content (AvgIpc) is 3.23. The van der Waals surface area contributed by atoms with Gasteiger partial charge in [0, 0.05) is 15.3 Å². The minimum atomic E-state index is -0.380. The number of halogens is 2. The summed E-state index contributed by atoms with van der Waals surface area (Å²) < 4.78 is 5.08. The molecule has 0 radical (unpaired) electrons. The van der Waals surface area contributed by atoms with Gasteiger partial charge in [-0.15, -0.1) is 0 Å². The van der Waals surface area contributed by atoms with Crippen LogP contribution in [-0.2, 0) is 14.4 Å². The van der Waals surface area contributed by atoms with Crippen molar-refractivity contribution in [1.29, 1.82) is 0 Å². The zero-order valence-electron chi connectivity index (χ0n) is 14.0. The van der Waals surface area contributed by atoms with Crippen LogP contribution in [0.2, 0.25) is 0 Å². The molecule has 0 spiro atoms. The first-order chi connectivity index (χ1) is 12.4. The highest BCUT2D eigenvalue weighted by Crippen LogP contribution is 2.60. The number of nitrogens with zero attached hydrogens (tertiary/aromatic N) is 1. The molecule has 6 atom stereocenters. The average molecular weight is 486 g/mol. The Morgan fingerprint density at radius 3 is 2.15 bits per heavy atom. The highest BCUT2D eigenvalue weighted by Gasteiger charge is 2.66. The van der Waals surface area contributed by atoms with Gasteiger partial charge in [-0.25, -0.2) is 0 Å². The van der Waals surface area contributed by atoms with Crippen LogP contribution in [0.15, 0.2) is 24.3 Å². The molecular formula is C18H18Br2N2O4. The number of rotatable bonds is 4. The Morgan fingerprint density at radius 1 is 1.12 bits per heavy atom. The fourth-order valence-electron chi connectivity index (χ4n) is 4.58. The first-order valence-corrected chi connectivity index (χ1v) is 10.3.